The zero-order chi connectivity index (χ0) is 11.7. The molecule has 16 heavy (non-hydrogen) atoms. The quantitative estimate of drug-likeness (QED) is 0.931. The van der Waals surface area contributed by atoms with E-state index in [0.717, 1.165) is 6.42 Å². The predicted octanol–water partition coefficient (Wildman–Crippen LogP) is 2.77. The molecule has 1 aliphatic heterocycles. The lowest BCUT2D eigenvalue weighted by Crippen LogP contribution is -2.07. The third-order valence-electron chi connectivity index (χ3n) is 2.68. The van der Waals surface area contributed by atoms with Gasteiger partial charge in [0.1, 0.15) is 5.82 Å². The lowest BCUT2D eigenvalue weighted by Gasteiger charge is -2.15. The van der Waals surface area contributed by atoms with Crippen LogP contribution in [-0.2, 0) is 0 Å². The van der Waals surface area contributed by atoms with Crippen LogP contribution in [0.5, 0.6) is 11.5 Å². The van der Waals surface area contributed by atoms with Crippen LogP contribution in [0, 0.1) is 5.82 Å². The van der Waals surface area contributed by atoms with Gasteiger partial charge >= 0.3 is 0 Å². The minimum absolute atomic E-state index is 0.0499. The van der Waals surface area contributed by atoms with Crippen molar-refractivity contribution in [2.45, 2.75) is 19.3 Å². The van der Waals surface area contributed by atoms with Crippen LogP contribution < -0.4 is 15.2 Å². The van der Waals surface area contributed by atoms with Crippen LogP contribution in [0.3, 0.4) is 0 Å². The number of halogens is 2. The van der Waals surface area contributed by atoms with E-state index >= 15 is 0 Å². The highest BCUT2D eigenvalue weighted by Crippen LogP contribution is 2.45. The molecule has 2 N–H and O–H groups in total. The summed E-state index contributed by atoms with van der Waals surface area (Å²) >= 11 is 3.37. The van der Waals surface area contributed by atoms with Gasteiger partial charge in [0.05, 0.1) is 4.47 Å². The van der Waals surface area contributed by atoms with Crippen LogP contribution in [0.2, 0.25) is 0 Å². The second-order valence-corrected chi connectivity index (χ2v) is 4.59. The Morgan fingerprint density at radius 3 is 3.00 bits per heavy atom. The standard InChI is InChI=1S/C11H13BrFNO2/c1-6(2-3-14)9-7(13)4-8-11(10(9)12)16-5-15-8/h4,6H,2-3,5,14H2,1H3. The van der Waals surface area contributed by atoms with Crippen molar-refractivity contribution >= 4 is 15.9 Å². The van der Waals surface area contributed by atoms with Gasteiger partial charge in [-0.25, -0.2) is 4.39 Å². The van der Waals surface area contributed by atoms with E-state index in [1.54, 1.807) is 0 Å². The molecule has 5 heteroatoms. The predicted molar refractivity (Wildman–Crippen MR) is 62.3 cm³/mol. The van der Waals surface area contributed by atoms with Crippen LogP contribution in [0.1, 0.15) is 24.8 Å². The molecule has 1 heterocycles. The molecule has 2 rings (SSSR count). The smallest absolute Gasteiger partial charge is 0.231 e. The summed E-state index contributed by atoms with van der Waals surface area (Å²) in [4.78, 5) is 0. The van der Waals surface area contributed by atoms with E-state index in [1.165, 1.54) is 6.07 Å². The average Bonchev–Trinajstić information content (AvgIpc) is 2.66. The minimum atomic E-state index is -0.280. The number of benzene rings is 1. The van der Waals surface area contributed by atoms with Crippen molar-refractivity contribution in [2.75, 3.05) is 13.3 Å². The fourth-order valence-electron chi connectivity index (χ4n) is 1.83. The molecule has 3 nitrogen and oxygen atoms in total. The second kappa shape index (κ2) is 4.59. The third kappa shape index (κ3) is 1.89. The topological polar surface area (TPSA) is 44.5 Å². The van der Waals surface area contributed by atoms with Crippen LogP contribution >= 0.6 is 15.9 Å². The number of ether oxygens (including phenoxy) is 2. The highest BCUT2D eigenvalue weighted by atomic mass is 79.9. The Bertz CT molecular complexity index is 411. The maximum Gasteiger partial charge on any atom is 0.231 e. The minimum Gasteiger partial charge on any atom is -0.453 e. The summed E-state index contributed by atoms with van der Waals surface area (Å²) in [6.07, 6.45) is 0.731. The summed E-state index contributed by atoms with van der Waals surface area (Å²) in [6, 6.07) is 1.37. The maximum atomic E-state index is 13.9. The van der Waals surface area contributed by atoms with Crippen LogP contribution in [0.4, 0.5) is 4.39 Å². The van der Waals surface area contributed by atoms with Crippen molar-refractivity contribution in [3.63, 3.8) is 0 Å². The van der Waals surface area contributed by atoms with Gasteiger partial charge in [-0.1, -0.05) is 6.92 Å². The molecular formula is C11H13BrFNO2. The van der Waals surface area contributed by atoms with Gasteiger partial charge in [-0.15, -0.1) is 0 Å². The molecule has 0 aromatic heterocycles. The molecule has 0 fully saturated rings. The van der Waals surface area contributed by atoms with Gasteiger partial charge in [0, 0.05) is 11.6 Å². The highest BCUT2D eigenvalue weighted by molar-refractivity contribution is 9.10. The number of rotatable bonds is 3. The molecule has 0 bridgehead atoms. The summed E-state index contributed by atoms with van der Waals surface area (Å²) < 4.78 is 24.9. The van der Waals surface area contributed by atoms with Crippen LogP contribution in [0.25, 0.3) is 0 Å². The first kappa shape index (κ1) is 11.7. The van der Waals surface area contributed by atoms with E-state index in [0.29, 0.717) is 28.1 Å². The molecule has 1 atom stereocenters. The summed E-state index contributed by atoms with van der Waals surface area (Å²) in [5.74, 6) is 0.805. The molecule has 0 radical (unpaired) electrons. The summed E-state index contributed by atoms with van der Waals surface area (Å²) in [7, 11) is 0. The van der Waals surface area contributed by atoms with Gasteiger partial charge in [-0.3, -0.25) is 0 Å². The lowest BCUT2D eigenvalue weighted by molar-refractivity contribution is 0.173. The average molecular weight is 290 g/mol. The summed E-state index contributed by atoms with van der Waals surface area (Å²) in [6.45, 7) is 2.61. The summed E-state index contributed by atoms with van der Waals surface area (Å²) in [5, 5.41) is 0. The molecule has 1 aliphatic rings. The summed E-state index contributed by atoms with van der Waals surface area (Å²) in [5.41, 5.74) is 6.09. The lowest BCUT2D eigenvalue weighted by atomic mass is 9.97. The molecule has 0 amide bonds. The molecule has 0 saturated carbocycles. The molecule has 0 aliphatic carbocycles. The van der Waals surface area contributed by atoms with Crippen LogP contribution in [-0.4, -0.2) is 13.3 Å². The molecule has 0 saturated heterocycles. The number of fused-ring (bicyclic) bond motifs is 1. The SMILES string of the molecule is CC(CCN)c1c(F)cc2c(c1Br)OCO2. The van der Waals surface area contributed by atoms with Gasteiger partial charge in [0.25, 0.3) is 0 Å². The first-order valence-corrected chi connectivity index (χ1v) is 5.92. The molecule has 1 aromatic carbocycles. The van der Waals surface area contributed by atoms with Gasteiger partial charge in [-0.05, 0) is 34.8 Å². The molecular weight excluding hydrogens is 277 g/mol. The number of hydrogen-bond acceptors (Lipinski definition) is 3. The van der Waals surface area contributed by atoms with Crippen LogP contribution in [0.15, 0.2) is 10.5 Å². The zero-order valence-corrected chi connectivity index (χ0v) is 10.5. The highest BCUT2D eigenvalue weighted by Gasteiger charge is 2.25. The second-order valence-electron chi connectivity index (χ2n) is 3.80. The first-order chi connectivity index (χ1) is 7.65. The Labute approximate surface area is 102 Å². The van der Waals surface area contributed by atoms with E-state index in [9.17, 15) is 4.39 Å². The first-order valence-electron chi connectivity index (χ1n) is 5.12. The Balaban J connectivity index is 2.45. The van der Waals surface area contributed by atoms with Crippen molar-refractivity contribution in [3.8, 4) is 11.5 Å². The van der Waals surface area contributed by atoms with Crippen molar-refractivity contribution in [1.29, 1.82) is 0 Å². The largest absolute Gasteiger partial charge is 0.453 e. The molecule has 88 valence electrons. The Morgan fingerprint density at radius 2 is 2.31 bits per heavy atom. The van der Waals surface area contributed by atoms with E-state index in [2.05, 4.69) is 15.9 Å². The molecule has 1 aromatic rings. The number of hydrogen-bond donors (Lipinski definition) is 1. The van der Waals surface area contributed by atoms with Crippen molar-refractivity contribution in [3.05, 3.63) is 21.9 Å². The Hall–Kier alpha value is -0.810. The van der Waals surface area contributed by atoms with Gasteiger partial charge in [0.2, 0.25) is 6.79 Å². The van der Waals surface area contributed by atoms with E-state index < -0.39 is 0 Å². The van der Waals surface area contributed by atoms with Gasteiger partial charge < -0.3 is 15.2 Å². The van der Waals surface area contributed by atoms with E-state index in [4.69, 9.17) is 15.2 Å². The molecule has 1 unspecified atom stereocenters. The van der Waals surface area contributed by atoms with Crippen molar-refractivity contribution in [2.24, 2.45) is 5.73 Å². The van der Waals surface area contributed by atoms with E-state index in [1.807, 2.05) is 6.92 Å². The van der Waals surface area contributed by atoms with E-state index in [-0.39, 0.29) is 18.5 Å². The zero-order valence-electron chi connectivity index (χ0n) is 8.93. The fourth-order valence-corrected chi connectivity index (χ4v) is 2.72. The van der Waals surface area contributed by atoms with Gasteiger partial charge in [0.15, 0.2) is 11.5 Å². The Morgan fingerprint density at radius 1 is 1.56 bits per heavy atom. The van der Waals surface area contributed by atoms with Gasteiger partial charge in [-0.2, -0.15) is 0 Å². The monoisotopic (exact) mass is 289 g/mol. The van der Waals surface area contributed by atoms with Crippen molar-refractivity contribution < 1.29 is 13.9 Å². The Kier molecular flexibility index (Phi) is 3.35. The van der Waals surface area contributed by atoms with Crippen molar-refractivity contribution in [1.82, 2.24) is 0 Å². The third-order valence-corrected chi connectivity index (χ3v) is 3.47. The molecule has 0 spiro atoms. The number of nitrogens with two attached hydrogens (primary N) is 1. The fraction of sp³-hybridized carbons (Fsp3) is 0.455. The maximum absolute atomic E-state index is 13.9. The normalized spacial score (nSPS) is 15.2.